The summed E-state index contributed by atoms with van der Waals surface area (Å²) in [5.41, 5.74) is 0.256. The lowest BCUT2D eigenvalue weighted by Crippen LogP contribution is -2.81. The Balaban J connectivity index is 1.45. The van der Waals surface area contributed by atoms with Crippen molar-refractivity contribution in [3.05, 3.63) is 34.9 Å². The number of amides is 2. The Morgan fingerprint density at radius 1 is 1.13 bits per heavy atom. The summed E-state index contributed by atoms with van der Waals surface area (Å²) in [6.45, 7) is 3.20. The van der Waals surface area contributed by atoms with Crippen molar-refractivity contribution in [3.8, 4) is 0 Å². The Bertz CT molecular complexity index is 826. The van der Waals surface area contributed by atoms with Crippen LogP contribution in [0.4, 0.5) is 0 Å². The van der Waals surface area contributed by atoms with Crippen LogP contribution in [0.3, 0.4) is 0 Å². The molecule has 2 amide bonds. The number of carboxylic acids is 1. The number of likely N-dealkylation sites (tertiary alicyclic amines) is 1. The fourth-order valence-electron chi connectivity index (χ4n) is 4.56. The number of morpholine rings is 1. The fraction of sp³-hybridized carbons (Fsp3) is 0.550. The van der Waals surface area contributed by atoms with Crippen molar-refractivity contribution >= 4 is 29.4 Å². The van der Waals surface area contributed by atoms with Crippen molar-refractivity contribution in [1.29, 1.82) is 0 Å². The van der Waals surface area contributed by atoms with Gasteiger partial charge in [0, 0.05) is 43.3 Å². The Kier molecular flexibility index (Phi) is 5.97. The van der Waals surface area contributed by atoms with Gasteiger partial charge in [0.05, 0.1) is 24.8 Å². The molecule has 0 saturated carbocycles. The Hall–Kier alpha value is -2.20. The minimum absolute atomic E-state index is 0.0640. The number of carbonyl (C=O) groups excluding carboxylic acids is 2. The van der Waals surface area contributed by atoms with E-state index in [1.807, 2.05) is 4.90 Å². The summed E-state index contributed by atoms with van der Waals surface area (Å²) in [4.78, 5) is 41.8. The second kappa shape index (κ2) is 8.50. The van der Waals surface area contributed by atoms with Crippen LogP contribution < -0.4 is 0 Å². The third kappa shape index (κ3) is 4.15. The lowest BCUT2D eigenvalue weighted by atomic mass is 9.82. The van der Waals surface area contributed by atoms with Crippen LogP contribution in [-0.2, 0) is 19.1 Å². The average Bonchev–Trinajstić information content (AvgIpc) is 2.70. The first-order chi connectivity index (χ1) is 14.4. The number of benzene rings is 1. The molecule has 1 aromatic rings. The first kappa shape index (κ1) is 21.0. The van der Waals surface area contributed by atoms with Crippen molar-refractivity contribution in [2.24, 2.45) is 0 Å². The molecule has 1 atom stereocenters. The highest BCUT2D eigenvalue weighted by atomic mass is 35.5. The zero-order valence-electron chi connectivity index (χ0n) is 16.5. The number of rotatable bonds is 5. The number of aliphatic carboxylic acids is 1. The van der Waals surface area contributed by atoms with E-state index >= 15 is 0 Å². The predicted octanol–water partition coefficient (Wildman–Crippen LogP) is 0.179. The van der Waals surface area contributed by atoms with Gasteiger partial charge in [-0.25, -0.2) is 4.79 Å². The predicted molar refractivity (Wildman–Crippen MR) is 106 cm³/mol. The molecule has 1 aromatic carbocycles. The third-order valence-electron chi connectivity index (χ3n) is 5.91. The fourth-order valence-corrected chi connectivity index (χ4v) is 4.69. The van der Waals surface area contributed by atoms with Gasteiger partial charge in [0.1, 0.15) is 13.2 Å². The van der Waals surface area contributed by atoms with E-state index in [4.69, 9.17) is 26.2 Å². The number of fused-ring (bicyclic) bond motifs is 2. The van der Waals surface area contributed by atoms with Crippen LogP contribution >= 0.6 is 11.6 Å². The van der Waals surface area contributed by atoms with Gasteiger partial charge in [-0.05, 0) is 24.3 Å². The van der Waals surface area contributed by atoms with Gasteiger partial charge in [-0.1, -0.05) is 11.6 Å². The molecule has 4 rings (SSSR count). The molecular weight excluding hydrogens is 414 g/mol. The van der Waals surface area contributed by atoms with Crippen LogP contribution in [0, 0.1) is 0 Å². The van der Waals surface area contributed by atoms with Gasteiger partial charge in [0.15, 0.2) is 0 Å². The molecule has 9 nitrogen and oxygen atoms in total. The van der Waals surface area contributed by atoms with E-state index in [0.717, 1.165) is 6.54 Å². The van der Waals surface area contributed by atoms with Crippen molar-refractivity contribution in [2.75, 3.05) is 59.2 Å². The number of hydrogen-bond acceptors (Lipinski definition) is 6. The smallest absolute Gasteiger partial charge is 0.329 e. The minimum atomic E-state index is -1.11. The lowest BCUT2D eigenvalue weighted by Gasteiger charge is -2.63. The maximum absolute atomic E-state index is 13.1. The second-order valence-corrected chi connectivity index (χ2v) is 8.41. The zero-order chi connectivity index (χ0) is 21.3. The van der Waals surface area contributed by atoms with E-state index in [-0.39, 0.29) is 30.0 Å². The molecule has 1 N–H and O–H groups in total. The number of carboxylic acid groups (broad SMARTS) is 1. The van der Waals surface area contributed by atoms with Crippen LogP contribution in [0.1, 0.15) is 10.4 Å². The number of nitrogens with zero attached hydrogens (tertiary/aromatic N) is 3. The summed E-state index contributed by atoms with van der Waals surface area (Å²) < 4.78 is 10.6. The first-order valence-corrected chi connectivity index (χ1v) is 10.2. The van der Waals surface area contributed by atoms with Gasteiger partial charge >= 0.3 is 5.97 Å². The molecule has 3 aliphatic heterocycles. The van der Waals surface area contributed by atoms with E-state index < -0.39 is 12.6 Å². The topological polar surface area (TPSA) is 99.6 Å². The summed E-state index contributed by atoms with van der Waals surface area (Å²) in [6.07, 6.45) is 0. The van der Waals surface area contributed by atoms with Crippen LogP contribution in [0.5, 0.6) is 0 Å². The molecule has 3 heterocycles. The molecule has 3 aliphatic rings. The largest absolute Gasteiger partial charge is 0.480 e. The van der Waals surface area contributed by atoms with Crippen LogP contribution in [0.2, 0.25) is 5.02 Å². The lowest BCUT2D eigenvalue weighted by molar-refractivity contribution is -0.175. The monoisotopic (exact) mass is 437 g/mol. The van der Waals surface area contributed by atoms with Gasteiger partial charge in [0.25, 0.3) is 5.91 Å². The van der Waals surface area contributed by atoms with Gasteiger partial charge in [-0.2, -0.15) is 0 Å². The summed E-state index contributed by atoms with van der Waals surface area (Å²) in [6, 6.07) is 6.91. The van der Waals surface area contributed by atoms with Crippen molar-refractivity contribution in [1.82, 2.24) is 14.7 Å². The Morgan fingerprint density at radius 2 is 1.83 bits per heavy atom. The van der Waals surface area contributed by atoms with Gasteiger partial charge < -0.3 is 24.4 Å². The van der Waals surface area contributed by atoms with E-state index in [1.165, 1.54) is 0 Å². The summed E-state index contributed by atoms with van der Waals surface area (Å²) in [5.74, 6) is -1.42. The standard InChI is InChI=1S/C20H24ClN3O6/c21-15-3-1-14(2-4-15)19(28)22-7-16-8-29-6-5-24(16)20(11-22)12-23(13-20)17(25)9-30-10-18(26)27/h1-4,16H,5-13H2,(H,26,27). The molecule has 3 fully saturated rings. The molecule has 3 saturated heterocycles. The maximum Gasteiger partial charge on any atom is 0.329 e. The van der Waals surface area contributed by atoms with E-state index in [0.29, 0.717) is 50.0 Å². The molecule has 1 spiro atoms. The zero-order valence-corrected chi connectivity index (χ0v) is 17.2. The van der Waals surface area contributed by atoms with Crippen molar-refractivity contribution < 1.29 is 29.0 Å². The second-order valence-electron chi connectivity index (χ2n) is 7.98. The number of piperazine rings is 1. The highest BCUT2D eigenvalue weighted by Crippen LogP contribution is 2.36. The molecule has 10 heteroatoms. The number of ether oxygens (including phenoxy) is 2. The molecule has 0 aromatic heterocycles. The van der Waals surface area contributed by atoms with E-state index in [2.05, 4.69) is 4.90 Å². The number of carbonyl (C=O) groups is 3. The minimum Gasteiger partial charge on any atom is -0.480 e. The third-order valence-corrected chi connectivity index (χ3v) is 6.16. The maximum atomic E-state index is 13.1. The first-order valence-electron chi connectivity index (χ1n) is 9.85. The summed E-state index contributed by atoms with van der Waals surface area (Å²) in [5, 5.41) is 9.22. The normalized spacial score (nSPS) is 23.0. The number of hydrogen-bond donors (Lipinski definition) is 1. The van der Waals surface area contributed by atoms with E-state index in [9.17, 15) is 14.4 Å². The highest BCUT2D eigenvalue weighted by Gasteiger charge is 2.56. The van der Waals surface area contributed by atoms with Gasteiger partial charge in [-0.15, -0.1) is 0 Å². The van der Waals surface area contributed by atoms with Crippen molar-refractivity contribution in [3.63, 3.8) is 0 Å². The van der Waals surface area contributed by atoms with E-state index in [1.54, 1.807) is 29.2 Å². The molecule has 0 aliphatic carbocycles. The molecular formula is C20H24ClN3O6. The van der Waals surface area contributed by atoms with Crippen LogP contribution in [0.15, 0.2) is 24.3 Å². The highest BCUT2D eigenvalue weighted by molar-refractivity contribution is 6.30. The Labute approximate surface area is 179 Å². The molecule has 0 bridgehead atoms. The summed E-state index contributed by atoms with van der Waals surface area (Å²) >= 11 is 5.94. The van der Waals surface area contributed by atoms with Crippen LogP contribution in [-0.4, -0.2) is 108 Å². The molecule has 0 radical (unpaired) electrons. The SMILES string of the molecule is O=C(O)COCC(=O)N1CC2(C1)CN(C(=O)c1ccc(Cl)cc1)CC1COCCN12. The molecule has 30 heavy (non-hydrogen) atoms. The van der Waals surface area contributed by atoms with Gasteiger partial charge in [0.2, 0.25) is 5.91 Å². The van der Waals surface area contributed by atoms with Gasteiger partial charge in [-0.3, -0.25) is 14.5 Å². The average molecular weight is 438 g/mol. The summed E-state index contributed by atoms with van der Waals surface area (Å²) in [7, 11) is 0. The molecule has 1 unspecified atom stereocenters. The Morgan fingerprint density at radius 3 is 2.53 bits per heavy atom. The van der Waals surface area contributed by atoms with Crippen molar-refractivity contribution in [2.45, 2.75) is 11.6 Å². The quantitative estimate of drug-likeness (QED) is 0.701. The molecule has 162 valence electrons. The number of halogens is 1. The van der Waals surface area contributed by atoms with Crippen LogP contribution in [0.25, 0.3) is 0 Å².